The van der Waals surface area contributed by atoms with Crippen LogP contribution in [0.25, 0.3) is 11.2 Å². The Morgan fingerprint density at radius 1 is 1.29 bits per heavy atom. The number of hydrogen-bond acceptors (Lipinski definition) is 5. The van der Waals surface area contributed by atoms with Crippen molar-refractivity contribution in [2.45, 2.75) is 32.4 Å². The fourth-order valence-corrected chi connectivity index (χ4v) is 3.57. The number of morpholine rings is 1. The van der Waals surface area contributed by atoms with E-state index in [1.807, 2.05) is 4.57 Å². The molecule has 0 saturated carbocycles. The number of imidazole rings is 1. The van der Waals surface area contributed by atoms with Gasteiger partial charge in [-0.05, 0) is 12.1 Å². The first-order valence-electron chi connectivity index (χ1n) is 8.37. The Morgan fingerprint density at radius 2 is 2.04 bits per heavy atom. The number of hydrogen-bond donors (Lipinski definition) is 0. The molecule has 1 saturated heterocycles. The molecule has 1 aliphatic rings. The maximum absolute atomic E-state index is 6.31. The van der Waals surface area contributed by atoms with Crippen molar-refractivity contribution < 1.29 is 9.47 Å². The van der Waals surface area contributed by atoms with E-state index in [1.54, 1.807) is 12.3 Å². The van der Waals surface area contributed by atoms with E-state index in [1.165, 1.54) is 0 Å². The van der Waals surface area contributed by atoms with Crippen LogP contribution >= 0.6 is 11.6 Å². The van der Waals surface area contributed by atoms with E-state index in [4.69, 9.17) is 26.1 Å². The number of pyridine rings is 1. The molecular weight excluding hydrogens is 344 g/mol. The molecule has 0 unspecified atom stereocenters. The minimum Gasteiger partial charge on any atom is -0.378 e. The van der Waals surface area contributed by atoms with Crippen LogP contribution in [0.15, 0.2) is 12.3 Å². The molecule has 0 aliphatic carbocycles. The molecule has 1 fully saturated rings. The number of aromatic nitrogens is 3. The summed E-state index contributed by atoms with van der Waals surface area (Å²) in [4.78, 5) is 11.4. The van der Waals surface area contributed by atoms with Gasteiger partial charge in [-0.3, -0.25) is 4.57 Å². The Labute approximate surface area is 148 Å². The molecule has 0 amide bonds. The van der Waals surface area contributed by atoms with E-state index in [-0.39, 0.29) is 0 Å². The SMILES string of the molecule is C[Si](C)(C)CCOCn1c(N2CCOCC2)nc2c(Cl)ccnc21. The molecule has 6 nitrogen and oxygen atoms in total. The lowest BCUT2D eigenvalue weighted by Gasteiger charge is -2.28. The Balaban J connectivity index is 1.84. The summed E-state index contributed by atoms with van der Waals surface area (Å²) in [7, 11) is -1.10. The first-order valence-corrected chi connectivity index (χ1v) is 12.5. The average molecular weight is 369 g/mol. The highest BCUT2D eigenvalue weighted by molar-refractivity contribution is 6.76. The van der Waals surface area contributed by atoms with Crippen molar-refractivity contribution in [3.05, 3.63) is 17.3 Å². The van der Waals surface area contributed by atoms with Crippen molar-refractivity contribution in [1.82, 2.24) is 14.5 Å². The lowest BCUT2D eigenvalue weighted by Crippen LogP contribution is -2.38. The second kappa shape index (κ2) is 7.39. The third-order valence-corrected chi connectivity index (χ3v) is 6.08. The number of halogens is 1. The summed E-state index contributed by atoms with van der Waals surface area (Å²) in [6, 6.07) is 2.91. The molecule has 3 rings (SSSR count). The highest BCUT2D eigenvalue weighted by atomic mass is 35.5. The van der Waals surface area contributed by atoms with Gasteiger partial charge >= 0.3 is 0 Å². The molecule has 0 aromatic carbocycles. The van der Waals surface area contributed by atoms with Gasteiger partial charge in [0.2, 0.25) is 5.95 Å². The van der Waals surface area contributed by atoms with E-state index < -0.39 is 8.07 Å². The van der Waals surface area contributed by atoms with Crippen LogP contribution in [0.2, 0.25) is 30.7 Å². The van der Waals surface area contributed by atoms with Crippen molar-refractivity contribution in [2.75, 3.05) is 37.8 Å². The van der Waals surface area contributed by atoms with Gasteiger partial charge in [0, 0.05) is 34.0 Å². The number of rotatable bonds is 6. The van der Waals surface area contributed by atoms with Gasteiger partial charge in [-0.2, -0.15) is 0 Å². The van der Waals surface area contributed by atoms with Gasteiger partial charge in [0.05, 0.1) is 18.2 Å². The van der Waals surface area contributed by atoms with Crippen molar-refractivity contribution in [3.63, 3.8) is 0 Å². The van der Waals surface area contributed by atoms with E-state index in [2.05, 4.69) is 29.5 Å². The van der Waals surface area contributed by atoms with E-state index in [0.29, 0.717) is 25.0 Å². The lowest BCUT2D eigenvalue weighted by molar-refractivity contribution is 0.0879. The second-order valence-electron chi connectivity index (χ2n) is 7.25. The van der Waals surface area contributed by atoms with Gasteiger partial charge in [-0.1, -0.05) is 31.2 Å². The molecule has 8 heteroatoms. The van der Waals surface area contributed by atoms with Crippen LogP contribution in [-0.4, -0.2) is 55.5 Å². The Hall–Kier alpha value is -1.15. The molecule has 3 heterocycles. The Bertz CT molecular complexity index is 695. The van der Waals surface area contributed by atoms with Gasteiger partial charge in [-0.25, -0.2) is 9.97 Å². The van der Waals surface area contributed by atoms with Crippen LogP contribution in [0.5, 0.6) is 0 Å². The number of nitrogens with zero attached hydrogens (tertiary/aromatic N) is 4. The summed E-state index contributed by atoms with van der Waals surface area (Å²) in [6.45, 7) is 11.3. The van der Waals surface area contributed by atoms with Gasteiger partial charge in [-0.15, -0.1) is 0 Å². The summed E-state index contributed by atoms with van der Waals surface area (Å²) in [5.74, 6) is 0.863. The molecule has 132 valence electrons. The predicted molar refractivity (Wildman–Crippen MR) is 99.7 cm³/mol. The van der Waals surface area contributed by atoms with Crippen LogP contribution in [-0.2, 0) is 16.2 Å². The quantitative estimate of drug-likeness (QED) is 0.578. The minimum absolute atomic E-state index is 0.445. The fourth-order valence-electron chi connectivity index (χ4n) is 2.63. The van der Waals surface area contributed by atoms with Gasteiger partial charge in [0.1, 0.15) is 12.2 Å². The molecule has 2 aromatic heterocycles. The van der Waals surface area contributed by atoms with E-state index in [0.717, 1.165) is 42.9 Å². The molecule has 2 aromatic rings. The van der Waals surface area contributed by atoms with Crippen LogP contribution in [0, 0.1) is 0 Å². The highest BCUT2D eigenvalue weighted by Gasteiger charge is 2.21. The smallest absolute Gasteiger partial charge is 0.209 e. The Morgan fingerprint density at radius 3 is 2.75 bits per heavy atom. The maximum atomic E-state index is 6.31. The monoisotopic (exact) mass is 368 g/mol. The van der Waals surface area contributed by atoms with Gasteiger partial charge < -0.3 is 14.4 Å². The zero-order chi connectivity index (χ0) is 17.2. The third-order valence-electron chi connectivity index (χ3n) is 4.08. The molecule has 24 heavy (non-hydrogen) atoms. The fraction of sp³-hybridized carbons (Fsp3) is 0.625. The van der Waals surface area contributed by atoms with Crippen LogP contribution in [0.3, 0.4) is 0 Å². The lowest BCUT2D eigenvalue weighted by atomic mass is 10.4. The maximum Gasteiger partial charge on any atom is 0.209 e. The van der Waals surface area contributed by atoms with Crippen molar-refractivity contribution in [1.29, 1.82) is 0 Å². The molecule has 0 N–H and O–H groups in total. The van der Waals surface area contributed by atoms with Crippen molar-refractivity contribution in [2.24, 2.45) is 0 Å². The number of fused-ring (bicyclic) bond motifs is 1. The van der Waals surface area contributed by atoms with Crippen LogP contribution in [0.4, 0.5) is 5.95 Å². The summed E-state index contributed by atoms with van der Waals surface area (Å²) in [5, 5.41) is 0.621. The standard InChI is InChI=1S/C16H25ClN4O2Si/c1-24(2,3)11-10-23-12-21-15-14(13(17)4-5-18-15)19-16(21)20-6-8-22-9-7-20/h4-5H,6-12H2,1-3H3. The second-order valence-corrected chi connectivity index (χ2v) is 13.3. The topological polar surface area (TPSA) is 52.4 Å². The molecule has 0 bridgehead atoms. The van der Waals surface area contributed by atoms with Gasteiger partial charge in [0.15, 0.2) is 5.65 Å². The first-order chi connectivity index (χ1) is 11.5. The molecular formula is C16H25ClN4O2Si. The van der Waals surface area contributed by atoms with Crippen molar-refractivity contribution >= 4 is 36.8 Å². The summed E-state index contributed by atoms with van der Waals surface area (Å²) in [5.41, 5.74) is 1.51. The number of ether oxygens (including phenoxy) is 2. The first kappa shape index (κ1) is 17.7. The number of anilines is 1. The highest BCUT2D eigenvalue weighted by Crippen LogP contribution is 2.27. The minimum atomic E-state index is -1.10. The molecule has 0 spiro atoms. The van der Waals surface area contributed by atoms with E-state index >= 15 is 0 Å². The summed E-state index contributed by atoms with van der Waals surface area (Å²) < 4.78 is 13.4. The Kier molecular flexibility index (Phi) is 5.44. The predicted octanol–water partition coefficient (Wildman–Crippen LogP) is 3.23. The van der Waals surface area contributed by atoms with Crippen LogP contribution < -0.4 is 4.90 Å². The molecule has 1 aliphatic heterocycles. The van der Waals surface area contributed by atoms with Crippen LogP contribution in [0.1, 0.15) is 0 Å². The zero-order valence-corrected chi connectivity index (χ0v) is 16.3. The van der Waals surface area contributed by atoms with Crippen molar-refractivity contribution in [3.8, 4) is 0 Å². The summed E-state index contributed by atoms with van der Waals surface area (Å²) in [6.07, 6.45) is 1.72. The molecule has 0 atom stereocenters. The molecule has 0 radical (unpaired) electrons. The average Bonchev–Trinajstić information content (AvgIpc) is 2.92. The summed E-state index contributed by atoms with van der Waals surface area (Å²) >= 11 is 6.31. The third kappa shape index (κ3) is 4.08. The van der Waals surface area contributed by atoms with E-state index in [9.17, 15) is 0 Å². The largest absolute Gasteiger partial charge is 0.378 e. The van der Waals surface area contributed by atoms with Gasteiger partial charge in [0.25, 0.3) is 0 Å². The normalized spacial score (nSPS) is 16.1. The zero-order valence-electron chi connectivity index (χ0n) is 14.6.